The molecule has 0 saturated carbocycles. The lowest BCUT2D eigenvalue weighted by molar-refractivity contribution is 0.0697. The van der Waals surface area contributed by atoms with E-state index in [0.29, 0.717) is 4.57 Å². The minimum absolute atomic E-state index is 0.0511. The molecule has 0 atom stereocenters. The summed E-state index contributed by atoms with van der Waals surface area (Å²) < 4.78 is 25.4. The van der Waals surface area contributed by atoms with E-state index in [9.17, 15) is 23.2 Å². The van der Waals surface area contributed by atoms with Crippen molar-refractivity contribution in [3.63, 3.8) is 0 Å². The zero-order valence-electron chi connectivity index (χ0n) is 9.39. The molecule has 100 valence electrons. The fourth-order valence-corrected chi connectivity index (χ4v) is 1.72. The normalized spacial score (nSPS) is 11.1. The van der Waals surface area contributed by atoms with Crippen LogP contribution in [0.4, 0.5) is 8.78 Å². The Morgan fingerprint density at radius 1 is 1.37 bits per heavy atom. The standard InChI is InChI=1S/C11H8F2N2O4/c12-8(13)4-15-7-3-5(11(18)19)1-2-6(7)14-9(16)10(15)17/h1-3,8H,4H2,(H,14,16)(H,18,19). The van der Waals surface area contributed by atoms with Gasteiger partial charge in [0.1, 0.15) is 0 Å². The predicted molar refractivity (Wildman–Crippen MR) is 61.8 cm³/mol. The van der Waals surface area contributed by atoms with Gasteiger partial charge in [0, 0.05) is 0 Å². The molecule has 2 aromatic rings. The third kappa shape index (κ3) is 2.37. The van der Waals surface area contributed by atoms with Crippen LogP contribution in [0.15, 0.2) is 27.8 Å². The van der Waals surface area contributed by atoms with Crippen LogP contribution in [-0.4, -0.2) is 27.1 Å². The van der Waals surface area contributed by atoms with Gasteiger partial charge in [-0.15, -0.1) is 0 Å². The summed E-state index contributed by atoms with van der Waals surface area (Å²) in [5.74, 6) is -1.26. The maximum atomic E-state index is 12.4. The molecule has 0 radical (unpaired) electrons. The molecule has 6 nitrogen and oxygen atoms in total. The van der Waals surface area contributed by atoms with Crippen molar-refractivity contribution >= 4 is 17.0 Å². The Bertz CT molecular complexity index is 763. The van der Waals surface area contributed by atoms with Gasteiger partial charge in [0.25, 0.3) is 6.43 Å². The molecular formula is C11H8F2N2O4. The van der Waals surface area contributed by atoms with Crippen LogP contribution >= 0.6 is 0 Å². The van der Waals surface area contributed by atoms with Crippen LogP contribution in [0.5, 0.6) is 0 Å². The number of hydrogen-bond donors (Lipinski definition) is 2. The quantitative estimate of drug-likeness (QED) is 0.801. The third-order valence-corrected chi connectivity index (χ3v) is 2.54. The SMILES string of the molecule is O=C(O)c1ccc2[nH]c(=O)c(=O)n(CC(F)F)c2c1. The molecular weight excluding hydrogens is 262 g/mol. The lowest BCUT2D eigenvalue weighted by Gasteiger charge is -2.09. The first-order valence-electron chi connectivity index (χ1n) is 5.18. The highest BCUT2D eigenvalue weighted by Crippen LogP contribution is 2.12. The third-order valence-electron chi connectivity index (χ3n) is 2.54. The number of nitrogens with one attached hydrogen (secondary N) is 1. The number of fused-ring (bicyclic) bond motifs is 1. The molecule has 0 aliphatic rings. The van der Waals surface area contributed by atoms with Crippen LogP contribution < -0.4 is 11.1 Å². The molecule has 0 aliphatic carbocycles. The average molecular weight is 270 g/mol. The summed E-state index contributed by atoms with van der Waals surface area (Å²) in [5.41, 5.74) is -2.27. The first-order valence-corrected chi connectivity index (χ1v) is 5.18. The zero-order chi connectivity index (χ0) is 14.2. The van der Waals surface area contributed by atoms with E-state index in [4.69, 9.17) is 5.11 Å². The van der Waals surface area contributed by atoms with Crippen molar-refractivity contribution in [2.24, 2.45) is 0 Å². The van der Waals surface area contributed by atoms with Gasteiger partial charge in [-0.05, 0) is 18.2 Å². The monoisotopic (exact) mass is 270 g/mol. The number of aromatic nitrogens is 2. The van der Waals surface area contributed by atoms with E-state index in [1.54, 1.807) is 0 Å². The van der Waals surface area contributed by atoms with E-state index in [2.05, 4.69) is 4.98 Å². The summed E-state index contributed by atoms with van der Waals surface area (Å²) in [6, 6.07) is 3.52. The second kappa shape index (κ2) is 4.63. The number of carboxylic acid groups (broad SMARTS) is 1. The number of hydrogen-bond acceptors (Lipinski definition) is 3. The number of carbonyl (C=O) groups is 1. The summed E-state index contributed by atoms with van der Waals surface area (Å²) in [7, 11) is 0. The second-order valence-corrected chi connectivity index (χ2v) is 3.80. The van der Waals surface area contributed by atoms with Crippen LogP contribution in [0.1, 0.15) is 10.4 Å². The van der Waals surface area contributed by atoms with Crippen molar-refractivity contribution in [3.8, 4) is 0 Å². The number of carboxylic acids is 1. The Kier molecular flexibility index (Phi) is 3.16. The van der Waals surface area contributed by atoms with Gasteiger partial charge in [-0.25, -0.2) is 13.6 Å². The van der Waals surface area contributed by atoms with E-state index in [1.165, 1.54) is 12.1 Å². The van der Waals surface area contributed by atoms with E-state index in [1.807, 2.05) is 0 Å². The molecule has 0 spiro atoms. The number of rotatable bonds is 3. The van der Waals surface area contributed by atoms with Crippen LogP contribution in [-0.2, 0) is 6.54 Å². The number of benzene rings is 1. The molecule has 1 aromatic heterocycles. The van der Waals surface area contributed by atoms with Crippen LogP contribution in [0.2, 0.25) is 0 Å². The lowest BCUT2D eigenvalue weighted by Crippen LogP contribution is -2.37. The molecule has 1 aromatic carbocycles. The van der Waals surface area contributed by atoms with Gasteiger partial charge in [0.2, 0.25) is 0 Å². The Morgan fingerprint density at radius 3 is 2.63 bits per heavy atom. The van der Waals surface area contributed by atoms with Gasteiger partial charge in [-0.2, -0.15) is 0 Å². The van der Waals surface area contributed by atoms with Crippen LogP contribution in [0.3, 0.4) is 0 Å². The molecule has 2 rings (SSSR count). The molecule has 0 amide bonds. The summed E-state index contributed by atoms with van der Waals surface area (Å²) in [6.07, 6.45) is -2.84. The van der Waals surface area contributed by atoms with Gasteiger partial charge >= 0.3 is 17.1 Å². The summed E-state index contributed by atoms with van der Waals surface area (Å²) >= 11 is 0. The van der Waals surface area contributed by atoms with Crippen molar-refractivity contribution in [1.29, 1.82) is 0 Å². The highest BCUT2D eigenvalue weighted by atomic mass is 19.3. The van der Waals surface area contributed by atoms with Gasteiger partial charge in [-0.1, -0.05) is 0 Å². The Labute approximate surface area is 103 Å². The highest BCUT2D eigenvalue weighted by molar-refractivity contribution is 5.92. The minimum atomic E-state index is -2.84. The largest absolute Gasteiger partial charge is 0.478 e. The van der Waals surface area contributed by atoms with E-state index in [-0.39, 0.29) is 16.6 Å². The lowest BCUT2D eigenvalue weighted by atomic mass is 10.2. The van der Waals surface area contributed by atoms with E-state index in [0.717, 1.165) is 6.07 Å². The van der Waals surface area contributed by atoms with Gasteiger partial charge < -0.3 is 10.1 Å². The Balaban J connectivity index is 2.83. The van der Waals surface area contributed by atoms with E-state index < -0.39 is 30.1 Å². The summed E-state index contributed by atoms with van der Waals surface area (Å²) in [4.78, 5) is 35.9. The molecule has 0 saturated heterocycles. The van der Waals surface area contributed by atoms with Gasteiger partial charge in [-0.3, -0.25) is 14.2 Å². The summed E-state index contributed by atoms with van der Waals surface area (Å²) in [6.45, 7) is -0.970. The minimum Gasteiger partial charge on any atom is -0.478 e. The van der Waals surface area contributed by atoms with Gasteiger partial charge in [0.15, 0.2) is 0 Å². The molecule has 1 heterocycles. The molecule has 0 bridgehead atoms. The van der Waals surface area contributed by atoms with Crippen LogP contribution in [0.25, 0.3) is 11.0 Å². The topological polar surface area (TPSA) is 92.2 Å². The second-order valence-electron chi connectivity index (χ2n) is 3.80. The van der Waals surface area contributed by atoms with Crippen LogP contribution in [0, 0.1) is 0 Å². The van der Waals surface area contributed by atoms with Crippen molar-refractivity contribution in [3.05, 3.63) is 44.5 Å². The highest BCUT2D eigenvalue weighted by Gasteiger charge is 2.14. The fourth-order valence-electron chi connectivity index (χ4n) is 1.72. The molecule has 19 heavy (non-hydrogen) atoms. The number of H-pyrrole nitrogens is 1. The summed E-state index contributed by atoms with van der Waals surface area (Å²) in [5, 5.41) is 8.83. The number of alkyl halides is 2. The van der Waals surface area contributed by atoms with Crippen molar-refractivity contribution < 1.29 is 18.7 Å². The van der Waals surface area contributed by atoms with Crippen molar-refractivity contribution in [2.45, 2.75) is 13.0 Å². The number of aromatic amines is 1. The Morgan fingerprint density at radius 2 is 2.05 bits per heavy atom. The molecule has 0 unspecified atom stereocenters. The Hall–Kier alpha value is -2.51. The zero-order valence-corrected chi connectivity index (χ0v) is 9.39. The predicted octanol–water partition coefficient (Wildman–Crippen LogP) is 0.653. The molecule has 8 heteroatoms. The smallest absolute Gasteiger partial charge is 0.335 e. The first-order chi connectivity index (χ1) is 8.90. The van der Waals surface area contributed by atoms with Crippen molar-refractivity contribution in [2.75, 3.05) is 0 Å². The van der Waals surface area contributed by atoms with E-state index >= 15 is 0 Å². The molecule has 2 N–H and O–H groups in total. The maximum absolute atomic E-state index is 12.4. The number of aromatic carboxylic acids is 1. The molecule has 0 aliphatic heterocycles. The molecule has 0 fully saturated rings. The van der Waals surface area contributed by atoms with Gasteiger partial charge in [0.05, 0.1) is 23.1 Å². The fraction of sp³-hybridized carbons (Fsp3) is 0.182. The van der Waals surface area contributed by atoms with Crippen molar-refractivity contribution in [1.82, 2.24) is 9.55 Å². The number of halogens is 2. The first kappa shape index (κ1) is 12.9. The number of nitrogens with zero attached hydrogens (tertiary/aromatic N) is 1. The maximum Gasteiger partial charge on any atom is 0.335 e. The average Bonchev–Trinajstić information content (AvgIpc) is 2.34.